The van der Waals surface area contributed by atoms with Gasteiger partial charge in [-0.3, -0.25) is 0 Å². The average Bonchev–Trinajstić information content (AvgIpc) is 3.32. The van der Waals surface area contributed by atoms with Gasteiger partial charge in [0.15, 0.2) is 17.3 Å². The predicted octanol–water partition coefficient (Wildman–Crippen LogP) is 3.62. The number of hydrogen-bond donors (Lipinski definition) is 0. The molecule has 1 aromatic carbocycles. The van der Waals surface area contributed by atoms with Crippen molar-refractivity contribution in [2.45, 2.75) is 19.4 Å². The lowest BCUT2D eigenvalue weighted by Gasteiger charge is -2.10. The highest BCUT2D eigenvalue weighted by Crippen LogP contribution is 2.37. The fourth-order valence-electron chi connectivity index (χ4n) is 3.47. The highest BCUT2D eigenvalue weighted by molar-refractivity contribution is 5.80. The van der Waals surface area contributed by atoms with Crippen molar-refractivity contribution < 1.29 is 13.2 Å². The number of hydrogen-bond acceptors (Lipinski definition) is 3. The van der Waals surface area contributed by atoms with E-state index in [4.69, 9.17) is 0 Å². The predicted molar refractivity (Wildman–Crippen MR) is 87.8 cm³/mol. The normalized spacial score (nSPS) is 13.5. The number of nitrogens with zero attached hydrogens (tertiary/aromatic N) is 5. The third kappa shape index (κ3) is 2.15. The zero-order valence-corrected chi connectivity index (χ0v) is 13.5. The standard InChI is InChI=1S/C18H12F3N5/c19-12-7-14(21)13(20)6-11(12)17-18(25-5-1-2-16(25)24-17)10-3-4-15-22-9-23-26(15)8-10/h3-4,6-9H,1-2,5H2. The summed E-state index contributed by atoms with van der Waals surface area (Å²) in [4.78, 5) is 8.63. The van der Waals surface area contributed by atoms with Crippen LogP contribution in [0.15, 0.2) is 36.8 Å². The Morgan fingerprint density at radius 3 is 2.73 bits per heavy atom. The van der Waals surface area contributed by atoms with E-state index in [2.05, 4.69) is 15.1 Å². The van der Waals surface area contributed by atoms with E-state index in [1.165, 1.54) is 6.33 Å². The molecule has 1 aliphatic rings. The molecule has 0 saturated heterocycles. The number of halogens is 3. The molecule has 0 N–H and O–H groups in total. The van der Waals surface area contributed by atoms with Crippen molar-refractivity contribution in [2.24, 2.45) is 0 Å². The van der Waals surface area contributed by atoms with Crippen molar-refractivity contribution in [3.05, 3.63) is 60.1 Å². The molecule has 4 aromatic rings. The second-order valence-electron chi connectivity index (χ2n) is 6.21. The Morgan fingerprint density at radius 1 is 1.00 bits per heavy atom. The number of aromatic nitrogens is 5. The Morgan fingerprint density at radius 2 is 1.85 bits per heavy atom. The lowest BCUT2D eigenvalue weighted by Crippen LogP contribution is -1.99. The van der Waals surface area contributed by atoms with Crippen LogP contribution < -0.4 is 0 Å². The summed E-state index contributed by atoms with van der Waals surface area (Å²) in [6.45, 7) is 0.734. The third-order valence-electron chi connectivity index (χ3n) is 4.64. The summed E-state index contributed by atoms with van der Waals surface area (Å²) in [5, 5.41) is 4.12. The van der Waals surface area contributed by atoms with Gasteiger partial charge < -0.3 is 4.57 Å². The smallest absolute Gasteiger partial charge is 0.161 e. The summed E-state index contributed by atoms with van der Waals surface area (Å²) in [5.41, 5.74) is 2.34. The van der Waals surface area contributed by atoms with E-state index in [-0.39, 0.29) is 5.56 Å². The van der Waals surface area contributed by atoms with Crippen LogP contribution >= 0.6 is 0 Å². The monoisotopic (exact) mass is 355 g/mol. The summed E-state index contributed by atoms with van der Waals surface area (Å²) in [6.07, 6.45) is 4.90. The Bertz CT molecular complexity index is 1160. The summed E-state index contributed by atoms with van der Waals surface area (Å²) < 4.78 is 45.1. The van der Waals surface area contributed by atoms with Crippen LogP contribution in [0.3, 0.4) is 0 Å². The molecule has 0 bridgehead atoms. The number of imidazole rings is 1. The lowest BCUT2D eigenvalue weighted by atomic mass is 10.0. The van der Waals surface area contributed by atoms with Gasteiger partial charge in [-0.15, -0.1) is 0 Å². The van der Waals surface area contributed by atoms with Crippen LogP contribution in [0.2, 0.25) is 0 Å². The molecular formula is C18H12F3N5. The maximum absolute atomic E-state index is 14.4. The quantitative estimate of drug-likeness (QED) is 0.516. The molecule has 26 heavy (non-hydrogen) atoms. The van der Waals surface area contributed by atoms with Crippen molar-refractivity contribution in [2.75, 3.05) is 0 Å². The van der Waals surface area contributed by atoms with Gasteiger partial charge in [0.25, 0.3) is 0 Å². The Balaban J connectivity index is 1.78. The Kier molecular flexibility index (Phi) is 3.15. The summed E-state index contributed by atoms with van der Waals surface area (Å²) in [7, 11) is 0. The van der Waals surface area contributed by atoms with Gasteiger partial charge in [0.2, 0.25) is 0 Å². The number of rotatable bonds is 2. The second-order valence-corrected chi connectivity index (χ2v) is 6.21. The van der Waals surface area contributed by atoms with Gasteiger partial charge in [0.1, 0.15) is 18.0 Å². The van der Waals surface area contributed by atoms with Gasteiger partial charge >= 0.3 is 0 Å². The molecule has 1 aliphatic heterocycles. The van der Waals surface area contributed by atoms with Crippen LogP contribution in [-0.2, 0) is 13.0 Å². The topological polar surface area (TPSA) is 48.0 Å². The summed E-state index contributed by atoms with van der Waals surface area (Å²) >= 11 is 0. The largest absolute Gasteiger partial charge is 0.327 e. The van der Waals surface area contributed by atoms with Gasteiger partial charge in [-0.05, 0) is 24.6 Å². The molecule has 0 aliphatic carbocycles. The molecule has 4 heterocycles. The van der Waals surface area contributed by atoms with Crippen molar-refractivity contribution in [1.29, 1.82) is 0 Å². The molecule has 0 saturated carbocycles. The molecule has 3 aromatic heterocycles. The van der Waals surface area contributed by atoms with Crippen LogP contribution in [0.25, 0.3) is 28.2 Å². The van der Waals surface area contributed by atoms with E-state index in [0.29, 0.717) is 23.1 Å². The van der Waals surface area contributed by atoms with Gasteiger partial charge in [0.05, 0.1) is 11.4 Å². The van der Waals surface area contributed by atoms with Crippen LogP contribution in [0.1, 0.15) is 12.2 Å². The Labute approximate surface area is 145 Å². The van der Waals surface area contributed by atoms with E-state index in [9.17, 15) is 13.2 Å². The first kappa shape index (κ1) is 15.1. The fraction of sp³-hybridized carbons (Fsp3) is 0.167. The zero-order valence-electron chi connectivity index (χ0n) is 13.5. The fourth-order valence-corrected chi connectivity index (χ4v) is 3.47. The second kappa shape index (κ2) is 5.42. The minimum atomic E-state index is -1.22. The molecule has 8 heteroatoms. The van der Waals surface area contributed by atoms with Crippen LogP contribution in [0.5, 0.6) is 0 Å². The maximum atomic E-state index is 14.4. The van der Waals surface area contributed by atoms with Crippen LogP contribution in [0.4, 0.5) is 13.2 Å². The van der Waals surface area contributed by atoms with Crippen molar-refractivity contribution >= 4 is 5.65 Å². The van der Waals surface area contributed by atoms with E-state index in [0.717, 1.165) is 36.8 Å². The minimum absolute atomic E-state index is 0.0560. The number of benzene rings is 1. The molecule has 5 rings (SSSR count). The van der Waals surface area contributed by atoms with Gasteiger partial charge in [-0.1, -0.05) is 0 Å². The number of aryl methyl sites for hydroxylation is 1. The number of fused-ring (bicyclic) bond motifs is 2. The van der Waals surface area contributed by atoms with Crippen molar-refractivity contribution in [3.63, 3.8) is 0 Å². The first-order chi connectivity index (χ1) is 12.6. The summed E-state index contributed by atoms with van der Waals surface area (Å²) in [6, 6.07) is 5.05. The van der Waals surface area contributed by atoms with Crippen molar-refractivity contribution in [3.8, 4) is 22.5 Å². The van der Waals surface area contributed by atoms with Crippen molar-refractivity contribution in [1.82, 2.24) is 24.1 Å². The average molecular weight is 355 g/mol. The maximum Gasteiger partial charge on any atom is 0.161 e. The third-order valence-corrected chi connectivity index (χ3v) is 4.64. The molecular weight excluding hydrogens is 343 g/mol. The SMILES string of the molecule is Fc1cc(F)c(-c2nc3n(c2-c2ccc4ncnn4c2)CCC3)cc1F. The first-order valence-electron chi connectivity index (χ1n) is 8.16. The Hall–Kier alpha value is -3.16. The molecule has 130 valence electrons. The highest BCUT2D eigenvalue weighted by Gasteiger charge is 2.26. The lowest BCUT2D eigenvalue weighted by molar-refractivity contribution is 0.496. The number of pyridine rings is 1. The highest BCUT2D eigenvalue weighted by atomic mass is 19.2. The van der Waals surface area contributed by atoms with Crippen LogP contribution in [0, 0.1) is 17.5 Å². The molecule has 5 nitrogen and oxygen atoms in total. The van der Waals surface area contributed by atoms with Crippen LogP contribution in [-0.4, -0.2) is 24.1 Å². The first-order valence-corrected chi connectivity index (χ1v) is 8.16. The zero-order chi connectivity index (χ0) is 17.8. The van der Waals surface area contributed by atoms with Gasteiger partial charge in [0, 0.05) is 36.4 Å². The van der Waals surface area contributed by atoms with Gasteiger partial charge in [-0.2, -0.15) is 5.10 Å². The molecule has 0 fully saturated rings. The van der Waals surface area contributed by atoms with Gasteiger partial charge in [-0.25, -0.2) is 27.7 Å². The van der Waals surface area contributed by atoms with E-state index < -0.39 is 17.5 Å². The molecule has 0 atom stereocenters. The molecule has 0 spiro atoms. The summed E-state index contributed by atoms with van der Waals surface area (Å²) in [5.74, 6) is -2.36. The molecule has 0 amide bonds. The molecule has 0 radical (unpaired) electrons. The van der Waals surface area contributed by atoms with E-state index >= 15 is 0 Å². The van der Waals surface area contributed by atoms with E-state index in [1.54, 1.807) is 16.8 Å². The van der Waals surface area contributed by atoms with E-state index in [1.807, 2.05) is 10.6 Å². The minimum Gasteiger partial charge on any atom is -0.327 e. The molecule has 0 unspecified atom stereocenters.